The molecule has 0 aromatic heterocycles. The summed E-state index contributed by atoms with van der Waals surface area (Å²) >= 11 is 0. The summed E-state index contributed by atoms with van der Waals surface area (Å²) in [5.41, 5.74) is 0.613. The highest BCUT2D eigenvalue weighted by Gasteiger charge is 2.72. The second-order valence-electron chi connectivity index (χ2n) is 11.5. The molecule has 4 aliphatic heterocycles. The second-order valence-corrected chi connectivity index (χ2v) is 11.5. The molecule has 6 atom stereocenters. The van der Waals surface area contributed by atoms with Gasteiger partial charge in [-0.1, -0.05) is 72.8 Å². The highest BCUT2D eigenvalue weighted by atomic mass is 16.5. The molecule has 3 aromatic rings. The van der Waals surface area contributed by atoms with Crippen molar-refractivity contribution in [3.63, 3.8) is 0 Å². The lowest BCUT2D eigenvalue weighted by Crippen LogP contribution is -2.56. The molecule has 4 heterocycles. The first kappa shape index (κ1) is 28.1. The Morgan fingerprint density at radius 2 is 1.48 bits per heavy atom. The molecular weight excluding hydrogens is 558 g/mol. The Morgan fingerprint density at radius 3 is 2.16 bits per heavy atom. The third kappa shape index (κ3) is 4.26. The van der Waals surface area contributed by atoms with E-state index in [1.54, 1.807) is 41.2 Å². The number of methoxy groups -OCH3 is 1. The van der Waals surface area contributed by atoms with Crippen LogP contribution in [0, 0.1) is 11.8 Å². The van der Waals surface area contributed by atoms with E-state index in [0.29, 0.717) is 23.5 Å². The molecule has 1 spiro atoms. The molecule has 0 bridgehead atoms. The van der Waals surface area contributed by atoms with E-state index < -0.39 is 48.1 Å². The van der Waals surface area contributed by atoms with Gasteiger partial charge in [0.25, 0.3) is 5.91 Å². The second kappa shape index (κ2) is 11.1. The van der Waals surface area contributed by atoms with Crippen LogP contribution < -0.4 is 14.5 Å². The highest BCUT2D eigenvalue weighted by molar-refractivity contribution is 6.07. The van der Waals surface area contributed by atoms with Crippen molar-refractivity contribution in [1.29, 1.82) is 0 Å². The number of fused-ring (bicyclic) bond motifs is 2. The van der Waals surface area contributed by atoms with Crippen molar-refractivity contribution in [1.82, 2.24) is 4.90 Å². The van der Waals surface area contributed by atoms with Gasteiger partial charge in [0.2, 0.25) is 11.8 Å². The van der Waals surface area contributed by atoms with E-state index in [1.807, 2.05) is 85.0 Å². The van der Waals surface area contributed by atoms with Gasteiger partial charge in [-0.25, -0.2) is 0 Å². The molecule has 9 nitrogen and oxygen atoms in total. The van der Waals surface area contributed by atoms with Crippen LogP contribution in [0.15, 0.2) is 109 Å². The van der Waals surface area contributed by atoms with Crippen LogP contribution in [-0.2, 0) is 19.1 Å². The van der Waals surface area contributed by atoms with Crippen molar-refractivity contribution in [2.75, 3.05) is 36.6 Å². The van der Waals surface area contributed by atoms with Crippen LogP contribution in [0.2, 0.25) is 0 Å². The number of para-hydroxylation sites is 1. The molecule has 2 fully saturated rings. The van der Waals surface area contributed by atoms with Crippen LogP contribution in [0.1, 0.15) is 11.6 Å². The standard InChI is InChI=1S/C35H33N3O6/c1-43-26-17-15-25(16-18-26)37-21-9-19-35-30(29-28(44-35)14-8-20-36(32(29)40)24-12-6-3-7-13-24)33(41)38(31(35)34(37)42)27(22-39)23-10-4-2-5-11-23/h2-19,27-31,39H,20-22H2,1H3/t27-,28-,29+,30+,31?,35+/m1/s1. The summed E-state index contributed by atoms with van der Waals surface area (Å²) in [5.74, 6) is -2.17. The zero-order valence-electron chi connectivity index (χ0n) is 24.2. The van der Waals surface area contributed by atoms with Crippen molar-refractivity contribution >= 4 is 29.1 Å². The van der Waals surface area contributed by atoms with E-state index in [-0.39, 0.29) is 18.4 Å². The molecule has 3 amide bonds. The van der Waals surface area contributed by atoms with Gasteiger partial charge in [-0.3, -0.25) is 14.4 Å². The van der Waals surface area contributed by atoms with Crippen LogP contribution in [0.3, 0.4) is 0 Å². The molecule has 4 aliphatic rings. The van der Waals surface area contributed by atoms with Crippen molar-refractivity contribution in [2.45, 2.75) is 23.8 Å². The number of carbonyl (C=O) groups excluding carboxylic acids is 3. The maximum absolute atomic E-state index is 14.8. The van der Waals surface area contributed by atoms with Gasteiger partial charge < -0.3 is 29.3 Å². The number of anilines is 2. The number of hydrogen-bond acceptors (Lipinski definition) is 6. The molecule has 0 radical (unpaired) electrons. The smallest absolute Gasteiger partial charge is 0.253 e. The monoisotopic (exact) mass is 591 g/mol. The number of aliphatic hydroxyl groups is 1. The number of ether oxygens (including phenoxy) is 2. The van der Waals surface area contributed by atoms with Crippen molar-refractivity contribution < 1.29 is 29.0 Å². The zero-order valence-corrected chi connectivity index (χ0v) is 24.2. The van der Waals surface area contributed by atoms with Gasteiger partial charge in [0.1, 0.15) is 17.4 Å². The number of amides is 3. The lowest BCUT2D eigenvalue weighted by molar-refractivity contribution is -0.144. The zero-order chi connectivity index (χ0) is 30.4. The maximum Gasteiger partial charge on any atom is 0.253 e. The molecule has 9 heteroatoms. The predicted molar refractivity (Wildman–Crippen MR) is 164 cm³/mol. The summed E-state index contributed by atoms with van der Waals surface area (Å²) in [5, 5.41) is 10.7. The Morgan fingerprint density at radius 1 is 0.841 bits per heavy atom. The number of likely N-dealkylation sites (tertiary alicyclic amines) is 1. The maximum atomic E-state index is 14.8. The fourth-order valence-electron chi connectivity index (χ4n) is 7.28. The molecule has 1 N–H and O–H groups in total. The minimum atomic E-state index is -1.42. The summed E-state index contributed by atoms with van der Waals surface area (Å²) in [7, 11) is 1.58. The van der Waals surface area contributed by atoms with Gasteiger partial charge in [-0.2, -0.15) is 0 Å². The van der Waals surface area contributed by atoms with Gasteiger partial charge in [-0.15, -0.1) is 0 Å². The van der Waals surface area contributed by atoms with Gasteiger partial charge in [0, 0.05) is 24.5 Å². The summed E-state index contributed by atoms with van der Waals surface area (Å²) in [4.78, 5) is 48.7. The Kier molecular flexibility index (Phi) is 7.07. The molecule has 224 valence electrons. The summed E-state index contributed by atoms with van der Waals surface area (Å²) in [6.45, 7) is 0.169. The topological polar surface area (TPSA) is 99.6 Å². The number of benzene rings is 3. The Labute approximate surface area is 255 Å². The average Bonchev–Trinajstić information content (AvgIpc) is 3.37. The quantitative estimate of drug-likeness (QED) is 0.441. The Bertz CT molecular complexity index is 1630. The number of carbonyl (C=O) groups is 3. The van der Waals surface area contributed by atoms with E-state index in [4.69, 9.17) is 9.47 Å². The van der Waals surface area contributed by atoms with E-state index in [2.05, 4.69) is 0 Å². The van der Waals surface area contributed by atoms with Gasteiger partial charge in [0.05, 0.1) is 37.7 Å². The van der Waals surface area contributed by atoms with Crippen LogP contribution in [0.4, 0.5) is 11.4 Å². The normalized spacial score (nSPS) is 28.3. The Balaban J connectivity index is 1.36. The summed E-state index contributed by atoms with van der Waals surface area (Å²) < 4.78 is 12.1. The van der Waals surface area contributed by atoms with Gasteiger partial charge in [0.15, 0.2) is 0 Å². The molecular formula is C35H33N3O6. The van der Waals surface area contributed by atoms with E-state index >= 15 is 0 Å². The van der Waals surface area contributed by atoms with Crippen LogP contribution >= 0.6 is 0 Å². The van der Waals surface area contributed by atoms with E-state index in [9.17, 15) is 19.5 Å². The van der Waals surface area contributed by atoms with E-state index in [0.717, 1.165) is 5.69 Å². The fraction of sp³-hybridized carbons (Fsp3) is 0.286. The molecule has 0 aliphatic carbocycles. The van der Waals surface area contributed by atoms with Crippen LogP contribution in [0.5, 0.6) is 5.75 Å². The first-order valence-corrected chi connectivity index (χ1v) is 14.8. The minimum absolute atomic E-state index is 0.237. The third-order valence-electron chi connectivity index (χ3n) is 9.24. The highest BCUT2D eigenvalue weighted by Crippen LogP contribution is 2.55. The summed E-state index contributed by atoms with van der Waals surface area (Å²) in [6, 6.07) is 23.7. The number of hydrogen-bond donors (Lipinski definition) is 1. The molecule has 3 aromatic carbocycles. The molecule has 44 heavy (non-hydrogen) atoms. The lowest BCUT2D eigenvalue weighted by Gasteiger charge is -2.38. The first-order valence-electron chi connectivity index (χ1n) is 14.8. The Hall–Kier alpha value is -4.73. The third-order valence-corrected chi connectivity index (χ3v) is 9.24. The van der Waals surface area contributed by atoms with Gasteiger partial charge in [-0.05, 0) is 42.0 Å². The average molecular weight is 592 g/mol. The first-order chi connectivity index (χ1) is 21.5. The number of rotatable bonds is 6. The van der Waals surface area contributed by atoms with Crippen molar-refractivity contribution in [3.05, 3.63) is 115 Å². The number of aliphatic hydroxyl groups excluding tert-OH is 1. The molecule has 7 rings (SSSR count). The van der Waals surface area contributed by atoms with E-state index in [1.165, 1.54) is 4.90 Å². The van der Waals surface area contributed by atoms with Crippen molar-refractivity contribution in [3.8, 4) is 5.75 Å². The number of nitrogens with zero attached hydrogens (tertiary/aromatic N) is 3. The molecule has 2 saturated heterocycles. The van der Waals surface area contributed by atoms with Crippen LogP contribution in [0.25, 0.3) is 0 Å². The fourth-order valence-corrected chi connectivity index (χ4v) is 7.28. The minimum Gasteiger partial charge on any atom is -0.497 e. The van der Waals surface area contributed by atoms with Crippen LogP contribution in [-0.4, -0.2) is 72.3 Å². The summed E-state index contributed by atoms with van der Waals surface area (Å²) in [6.07, 6.45) is 6.68. The molecule has 1 unspecified atom stereocenters. The molecule has 0 saturated carbocycles. The predicted octanol–water partition coefficient (Wildman–Crippen LogP) is 3.52. The van der Waals surface area contributed by atoms with Crippen molar-refractivity contribution in [2.24, 2.45) is 11.8 Å². The van der Waals surface area contributed by atoms with Gasteiger partial charge >= 0.3 is 0 Å². The SMILES string of the molecule is COc1ccc(N2CC=C[C@]34O[C@@H]5C=CCN(c6ccccc6)C(=O)[C@@H]5[C@H]3C(=O)N([C@H](CO)c3ccccc3)C4C2=O)cc1. The lowest BCUT2D eigenvalue weighted by atomic mass is 9.77. The largest absolute Gasteiger partial charge is 0.497 e.